The number of hydrogen-bond acceptors (Lipinski definition) is 6. The van der Waals surface area contributed by atoms with Crippen LogP contribution in [0.2, 0.25) is 5.02 Å². The van der Waals surface area contributed by atoms with Crippen LogP contribution in [0.5, 0.6) is 0 Å². The van der Waals surface area contributed by atoms with Crippen molar-refractivity contribution in [1.82, 2.24) is 20.4 Å². The molecular weight excluding hydrogens is 344 g/mol. The highest BCUT2D eigenvalue weighted by molar-refractivity contribution is 6.30. The van der Waals surface area contributed by atoms with E-state index in [-0.39, 0.29) is 5.91 Å². The maximum Gasteiger partial charge on any atom is 0.247 e. The van der Waals surface area contributed by atoms with Gasteiger partial charge in [-0.1, -0.05) is 11.6 Å². The van der Waals surface area contributed by atoms with Crippen LogP contribution >= 0.6 is 11.6 Å². The van der Waals surface area contributed by atoms with E-state index >= 15 is 0 Å². The van der Waals surface area contributed by atoms with E-state index in [1.54, 1.807) is 12.1 Å². The second kappa shape index (κ2) is 8.94. The van der Waals surface area contributed by atoms with E-state index < -0.39 is 0 Å². The van der Waals surface area contributed by atoms with Gasteiger partial charge in [0.2, 0.25) is 17.7 Å². The predicted octanol–water partition coefficient (Wildman–Crippen LogP) is 1.77. The molecule has 0 atom stereocenters. The first-order valence-corrected chi connectivity index (χ1v) is 8.73. The Morgan fingerprint density at radius 3 is 2.72 bits per heavy atom. The van der Waals surface area contributed by atoms with Gasteiger partial charge >= 0.3 is 0 Å². The van der Waals surface area contributed by atoms with Crippen LogP contribution in [0, 0.1) is 0 Å². The Morgan fingerprint density at radius 2 is 1.96 bits per heavy atom. The molecule has 1 amide bonds. The molecular formula is C17H21ClN4O3. The smallest absolute Gasteiger partial charge is 0.247 e. The highest BCUT2D eigenvalue weighted by Crippen LogP contribution is 2.20. The normalized spacial score (nSPS) is 15.2. The van der Waals surface area contributed by atoms with E-state index in [0.29, 0.717) is 36.2 Å². The molecule has 1 N–H and O–H groups in total. The van der Waals surface area contributed by atoms with Gasteiger partial charge in [0.1, 0.15) is 0 Å². The van der Waals surface area contributed by atoms with Gasteiger partial charge in [0, 0.05) is 49.6 Å². The van der Waals surface area contributed by atoms with Crippen molar-refractivity contribution in [2.75, 3.05) is 39.4 Å². The molecule has 0 aliphatic carbocycles. The zero-order chi connectivity index (χ0) is 17.5. The molecule has 3 rings (SSSR count). The summed E-state index contributed by atoms with van der Waals surface area (Å²) in [5, 5.41) is 11.6. The molecule has 0 unspecified atom stereocenters. The van der Waals surface area contributed by atoms with Crippen LogP contribution < -0.4 is 5.32 Å². The van der Waals surface area contributed by atoms with Crippen molar-refractivity contribution in [1.29, 1.82) is 0 Å². The number of benzene rings is 1. The Bertz CT molecular complexity index is 683. The number of carbonyl (C=O) groups is 1. The average Bonchev–Trinajstić information content (AvgIpc) is 3.10. The molecule has 1 aromatic carbocycles. The fourth-order valence-corrected chi connectivity index (χ4v) is 2.68. The van der Waals surface area contributed by atoms with Crippen molar-refractivity contribution >= 4 is 17.5 Å². The molecule has 0 radical (unpaired) electrons. The van der Waals surface area contributed by atoms with Crippen molar-refractivity contribution in [3.8, 4) is 11.5 Å². The Kier molecular flexibility index (Phi) is 6.38. The van der Waals surface area contributed by atoms with E-state index in [1.807, 2.05) is 12.1 Å². The lowest BCUT2D eigenvalue weighted by Crippen LogP contribution is -2.41. The zero-order valence-electron chi connectivity index (χ0n) is 13.9. The summed E-state index contributed by atoms with van der Waals surface area (Å²) >= 11 is 5.86. The molecule has 1 saturated heterocycles. The lowest BCUT2D eigenvalue weighted by molar-refractivity contribution is -0.121. The van der Waals surface area contributed by atoms with Gasteiger partial charge in [0.15, 0.2) is 0 Å². The van der Waals surface area contributed by atoms with Gasteiger partial charge in [-0.25, -0.2) is 0 Å². The number of aryl methyl sites for hydroxylation is 1. The molecule has 0 bridgehead atoms. The topological polar surface area (TPSA) is 80.5 Å². The first kappa shape index (κ1) is 17.8. The second-order valence-corrected chi connectivity index (χ2v) is 6.25. The minimum Gasteiger partial charge on any atom is -0.421 e. The molecule has 8 heteroatoms. The summed E-state index contributed by atoms with van der Waals surface area (Å²) < 4.78 is 10.9. The van der Waals surface area contributed by atoms with E-state index in [1.165, 1.54) is 0 Å². The zero-order valence-corrected chi connectivity index (χ0v) is 14.7. The van der Waals surface area contributed by atoms with Gasteiger partial charge in [-0.3, -0.25) is 9.69 Å². The fourth-order valence-electron chi connectivity index (χ4n) is 2.55. The number of halogens is 1. The number of aromatic nitrogens is 2. The molecule has 2 aromatic rings. The molecule has 1 aliphatic heterocycles. The van der Waals surface area contributed by atoms with Gasteiger partial charge in [0.25, 0.3) is 0 Å². The Balaban J connectivity index is 1.39. The third kappa shape index (κ3) is 5.52. The molecule has 7 nitrogen and oxygen atoms in total. The summed E-state index contributed by atoms with van der Waals surface area (Å²) in [6, 6.07) is 7.17. The molecule has 1 aromatic heterocycles. The van der Waals surface area contributed by atoms with Crippen LogP contribution in [-0.2, 0) is 16.0 Å². The number of rotatable bonds is 7. The number of hydrogen-bond donors (Lipinski definition) is 1. The third-order valence-corrected chi connectivity index (χ3v) is 4.23. The van der Waals surface area contributed by atoms with Crippen LogP contribution in [0.4, 0.5) is 0 Å². The van der Waals surface area contributed by atoms with Gasteiger partial charge in [0.05, 0.1) is 13.2 Å². The third-order valence-electron chi connectivity index (χ3n) is 3.98. The molecule has 1 fully saturated rings. The molecule has 2 heterocycles. The Hall–Kier alpha value is -1.96. The first-order valence-electron chi connectivity index (χ1n) is 8.36. The first-order chi connectivity index (χ1) is 12.2. The lowest BCUT2D eigenvalue weighted by atomic mass is 10.2. The number of amides is 1. The highest BCUT2D eigenvalue weighted by Gasteiger charge is 2.12. The summed E-state index contributed by atoms with van der Waals surface area (Å²) in [6.07, 6.45) is 0.745. The number of ether oxygens (including phenoxy) is 1. The standard InChI is InChI=1S/C17H21ClN4O3/c18-14-3-1-13(2-4-14)17-21-20-16(25-17)6-5-15(23)19-7-8-22-9-11-24-12-10-22/h1-4H,5-12H2,(H,19,23). The summed E-state index contributed by atoms with van der Waals surface area (Å²) in [4.78, 5) is 14.2. The maximum absolute atomic E-state index is 11.9. The minimum absolute atomic E-state index is 0.0143. The van der Waals surface area contributed by atoms with E-state index in [0.717, 1.165) is 38.4 Å². The van der Waals surface area contributed by atoms with Crippen LogP contribution in [0.15, 0.2) is 28.7 Å². The summed E-state index contributed by atoms with van der Waals surface area (Å²) in [7, 11) is 0. The SMILES string of the molecule is O=C(CCc1nnc(-c2ccc(Cl)cc2)o1)NCCN1CCOCC1. The number of nitrogens with zero attached hydrogens (tertiary/aromatic N) is 3. The van der Waals surface area contributed by atoms with Crippen molar-refractivity contribution in [2.24, 2.45) is 0 Å². The van der Waals surface area contributed by atoms with Gasteiger partial charge < -0.3 is 14.5 Å². The summed E-state index contributed by atoms with van der Waals surface area (Å²) in [5.74, 6) is 0.868. The van der Waals surface area contributed by atoms with Crippen molar-refractivity contribution in [3.63, 3.8) is 0 Å². The Morgan fingerprint density at radius 1 is 1.20 bits per heavy atom. The molecule has 0 spiro atoms. The number of carbonyl (C=O) groups excluding carboxylic acids is 1. The lowest BCUT2D eigenvalue weighted by Gasteiger charge is -2.26. The molecule has 0 saturated carbocycles. The van der Waals surface area contributed by atoms with Crippen LogP contribution in [0.1, 0.15) is 12.3 Å². The number of nitrogens with one attached hydrogen (secondary N) is 1. The number of morpholine rings is 1. The minimum atomic E-state index is -0.0143. The second-order valence-electron chi connectivity index (χ2n) is 5.81. The molecule has 134 valence electrons. The van der Waals surface area contributed by atoms with E-state index in [9.17, 15) is 4.79 Å². The van der Waals surface area contributed by atoms with Crippen molar-refractivity contribution in [3.05, 3.63) is 35.2 Å². The molecule has 25 heavy (non-hydrogen) atoms. The quantitative estimate of drug-likeness (QED) is 0.806. The van der Waals surface area contributed by atoms with E-state index in [2.05, 4.69) is 20.4 Å². The van der Waals surface area contributed by atoms with E-state index in [4.69, 9.17) is 20.8 Å². The van der Waals surface area contributed by atoms with Gasteiger partial charge in [-0.15, -0.1) is 10.2 Å². The van der Waals surface area contributed by atoms with Crippen LogP contribution in [0.3, 0.4) is 0 Å². The largest absolute Gasteiger partial charge is 0.421 e. The van der Waals surface area contributed by atoms with Crippen LogP contribution in [-0.4, -0.2) is 60.4 Å². The molecule has 1 aliphatic rings. The predicted molar refractivity (Wildman–Crippen MR) is 93.3 cm³/mol. The summed E-state index contributed by atoms with van der Waals surface area (Å²) in [5.41, 5.74) is 0.804. The maximum atomic E-state index is 11.9. The van der Waals surface area contributed by atoms with Crippen molar-refractivity contribution < 1.29 is 13.9 Å². The van der Waals surface area contributed by atoms with Gasteiger partial charge in [-0.05, 0) is 24.3 Å². The average molecular weight is 365 g/mol. The Labute approximate surface area is 151 Å². The van der Waals surface area contributed by atoms with Crippen LogP contribution in [0.25, 0.3) is 11.5 Å². The summed E-state index contributed by atoms with van der Waals surface area (Å²) in [6.45, 7) is 4.86. The van der Waals surface area contributed by atoms with Gasteiger partial charge in [-0.2, -0.15) is 0 Å². The monoisotopic (exact) mass is 364 g/mol. The fraction of sp³-hybridized carbons (Fsp3) is 0.471. The highest BCUT2D eigenvalue weighted by atomic mass is 35.5. The van der Waals surface area contributed by atoms with Crippen molar-refractivity contribution in [2.45, 2.75) is 12.8 Å².